The van der Waals surface area contributed by atoms with Crippen LogP contribution in [-0.2, 0) is 0 Å². The zero-order valence-corrected chi connectivity index (χ0v) is 13.4. The van der Waals surface area contributed by atoms with Gasteiger partial charge in [0.2, 0.25) is 0 Å². The quantitative estimate of drug-likeness (QED) is 0.475. The molecular weight excluding hydrogens is 282 g/mol. The van der Waals surface area contributed by atoms with E-state index in [2.05, 4.69) is 16.8 Å². The van der Waals surface area contributed by atoms with E-state index in [0.717, 1.165) is 31.9 Å². The van der Waals surface area contributed by atoms with Crippen LogP contribution in [-0.4, -0.2) is 48.8 Å². The molecule has 6 nitrogen and oxygen atoms in total. The molecule has 0 amide bonds. The first kappa shape index (κ1) is 16.4. The van der Waals surface area contributed by atoms with Gasteiger partial charge in [0.05, 0.1) is 10.5 Å². The van der Waals surface area contributed by atoms with E-state index in [9.17, 15) is 14.9 Å². The highest BCUT2D eigenvalue weighted by atomic mass is 16.6. The van der Waals surface area contributed by atoms with Gasteiger partial charge >= 0.3 is 0 Å². The molecule has 1 aliphatic rings. The second kappa shape index (κ2) is 6.87. The van der Waals surface area contributed by atoms with Crippen LogP contribution >= 0.6 is 0 Å². The average Bonchev–Trinajstić information content (AvgIpc) is 2.46. The molecule has 0 aromatic heterocycles. The highest BCUT2D eigenvalue weighted by Crippen LogP contribution is 2.28. The Hall–Kier alpha value is -1.95. The number of anilines is 1. The van der Waals surface area contributed by atoms with Crippen molar-refractivity contribution in [2.75, 3.05) is 38.1 Å². The predicted octanol–water partition coefficient (Wildman–Crippen LogP) is 2.58. The van der Waals surface area contributed by atoms with Gasteiger partial charge in [-0.3, -0.25) is 14.9 Å². The van der Waals surface area contributed by atoms with Crippen LogP contribution in [0.2, 0.25) is 0 Å². The summed E-state index contributed by atoms with van der Waals surface area (Å²) in [5.74, 6) is 0.0241. The molecule has 1 aliphatic heterocycles. The molecular formula is C16H23N3O3. The van der Waals surface area contributed by atoms with Crippen molar-refractivity contribution in [2.24, 2.45) is 5.92 Å². The summed E-state index contributed by atoms with van der Waals surface area (Å²) in [4.78, 5) is 27.4. The van der Waals surface area contributed by atoms with Gasteiger partial charge in [-0.2, -0.15) is 0 Å². The minimum atomic E-state index is -0.451. The Labute approximate surface area is 130 Å². The van der Waals surface area contributed by atoms with Crippen molar-refractivity contribution in [3.8, 4) is 0 Å². The number of ketones is 1. The Balaban J connectivity index is 2.27. The molecule has 1 saturated heterocycles. The Kier molecular flexibility index (Phi) is 5.13. The summed E-state index contributed by atoms with van der Waals surface area (Å²) in [5.41, 5.74) is 0.958. The summed E-state index contributed by atoms with van der Waals surface area (Å²) in [6, 6.07) is 4.97. The van der Waals surface area contributed by atoms with E-state index in [-0.39, 0.29) is 23.0 Å². The number of nitro benzene ring substituents is 1. The monoisotopic (exact) mass is 305 g/mol. The molecule has 0 N–H and O–H groups in total. The lowest BCUT2D eigenvalue weighted by Crippen LogP contribution is -2.44. The summed E-state index contributed by atoms with van der Waals surface area (Å²) in [7, 11) is 2.06. The van der Waals surface area contributed by atoms with Crippen LogP contribution in [0.1, 0.15) is 30.6 Å². The van der Waals surface area contributed by atoms with Crippen molar-refractivity contribution in [3.05, 3.63) is 33.9 Å². The number of hydrogen-bond acceptors (Lipinski definition) is 5. The molecule has 0 bridgehead atoms. The van der Waals surface area contributed by atoms with Gasteiger partial charge in [0, 0.05) is 44.4 Å². The molecule has 1 heterocycles. The summed E-state index contributed by atoms with van der Waals surface area (Å²) in [6.45, 7) is 7.41. The number of piperazine rings is 1. The fraction of sp³-hybridized carbons (Fsp3) is 0.562. The van der Waals surface area contributed by atoms with Gasteiger partial charge in [-0.25, -0.2) is 0 Å². The Bertz CT molecular complexity index is 564. The molecule has 1 fully saturated rings. The summed E-state index contributed by atoms with van der Waals surface area (Å²) in [6.07, 6.45) is 0.328. The summed E-state index contributed by atoms with van der Waals surface area (Å²) in [5, 5.41) is 11.3. The number of carbonyl (C=O) groups is 1. The lowest BCUT2D eigenvalue weighted by atomic mass is 9.99. The van der Waals surface area contributed by atoms with E-state index >= 15 is 0 Å². The van der Waals surface area contributed by atoms with Gasteiger partial charge in [-0.05, 0) is 25.1 Å². The van der Waals surface area contributed by atoms with Gasteiger partial charge in [0.25, 0.3) is 5.69 Å². The van der Waals surface area contributed by atoms with E-state index in [4.69, 9.17) is 0 Å². The minimum Gasteiger partial charge on any atom is -0.369 e. The SMILES string of the molecule is CC(C)CC(=O)c1ccc(N2CCN(C)CC2)cc1[N+](=O)[O-]. The molecule has 0 spiro atoms. The zero-order chi connectivity index (χ0) is 16.3. The molecule has 2 rings (SSSR count). The van der Waals surface area contributed by atoms with E-state index in [1.165, 1.54) is 0 Å². The number of nitrogens with zero attached hydrogens (tertiary/aromatic N) is 3. The number of hydrogen-bond donors (Lipinski definition) is 0. The van der Waals surface area contributed by atoms with Gasteiger partial charge in [-0.1, -0.05) is 13.8 Å². The largest absolute Gasteiger partial charge is 0.369 e. The molecule has 0 saturated carbocycles. The van der Waals surface area contributed by atoms with Crippen molar-refractivity contribution in [1.29, 1.82) is 0 Å². The van der Waals surface area contributed by atoms with E-state index in [0.29, 0.717) is 6.42 Å². The first-order valence-electron chi connectivity index (χ1n) is 7.63. The van der Waals surface area contributed by atoms with Crippen LogP contribution in [0.5, 0.6) is 0 Å². The Morgan fingerprint density at radius 3 is 2.45 bits per heavy atom. The zero-order valence-electron chi connectivity index (χ0n) is 13.4. The van der Waals surface area contributed by atoms with E-state index in [1.807, 2.05) is 19.9 Å². The smallest absolute Gasteiger partial charge is 0.282 e. The molecule has 6 heteroatoms. The second-order valence-corrected chi connectivity index (χ2v) is 6.27. The van der Waals surface area contributed by atoms with Gasteiger partial charge < -0.3 is 9.80 Å². The Morgan fingerprint density at radius 1 is 1.27 bits per heavy atom. The third-order valence-corrected chi connectivity index (χ3v) is 3.94. The number of Topliss-reactive ketones (excluding diaryl/α,β-unsaturated/α-hetero) is 1. The van der Waals surface area contributed by atoms with Crippen LogP contribution in [0.3, 0.4) is 0 Å². The predicted molar refractivity (Wildman–Crippen MR) is 86.6 cm³/mol. The van der Waals surface area contributed by atoms with Gasteiger partial charge in [-0.15, -0.1) is 0 Å². The molecule has 0 radical (unpaired) electrons. The van der Waals surface area contributed by atoms with Gasteiger partial charge in [0.1, 0.15) is 0 Å². The van der Waals surface area contributed by atoms with Crippen LogP contribution < -0.4 is 4.90 Å². The maximum absolute atomic E-state index is 12.2. The van der Waals surface area contributed by atoms with Crippen molar-refractivity contribution >= 4 is 17.2 Å². The molecule has 120 valence electrons. The second-order valence-electron chi connectivity index (χ2n) is 6.27. The van der Waals surface area contributed by atoms with Crippen molar-refractivity contribution in [1.82, 2.24) is 4.90 Å². The molecule has 1 aromatic carbocycles. The maximum atomic E-state index is 12.2. The van der Waals surface area contributed by atoms with Gasteiger partial charge in [0.15, 0.2) is 5.78 Å². The summed E-state index contributed by atoms with van der Waals surface area (Å²) < 4.78 is 0. The van der Waals surface area contributed by atoms with E-state index in [1.54, 1.807) is 12.1 Å². The minimum absolute atomic E-state index is 0.0814. The number of likely N-dealkylation sites (N-methyl/N-ethyl adjacent to an activating group) is 1. The lowest BCUT2D eigenvalue weighted by Gasteiger charge is -2.34. The maximum Gasteiger partial charge on any atom is 0.282 e. The molecule has 1 aromatic rings. The first-order valence-corrected chi connectivity index (χ1v) is 7.63. The third-order valence-electron chi connectivity index (χ3n) is 3.94. The fourth-order valence-electron chi connectivity index (χ4n) is 2.65. The average molecular weight is 305 g/mol. The van der Waals surface area contributed by atoms with Crippen LogP contribution in [0, 0.1) is 16.0 Å². The van der Waals surface area contributed by atoms with Crippen molar-refractivity contribution < 1.29 is 9.72 Å². The highest BCUT2D eigenvalue weighted by molar-refractivity contribution is 6.00. The van der Waals surface area contributed by atoms with Crippen molar-refractivity contribution in [3.63, 3.8) is 0 Å². The van der Waals surface area contributed by atoms with Crippen LogP contribution in [0.4, 0.5) is 11.4 Å². The number of rotatable bonds is 5. The van der Waals surface area contributed by atoms with Crippen molar-refractivity contribution in [2.45, 2.75) is 20.3 Å². The van der Waals surface area contributed by atoms with Crippen LogP contribution in [0.15, 0.2) is 18.2 Å². The lowest BCUT2D eigenvalue weighted by molar-refractivity contribution is -0.385. The molecule has 0 aliphatic carbocycles. The topological polar surface area (TPSA) is 66.7 Å². The molecule has 0 atom stereocenters. The first-order chi connectivity index (χ1) is 10.4. The number of benzene rings is 1. The molecule has 0 unspecified atom stereocenters. The standard InChI is InChI=1S/C16H23N3O3/c1-12(2)10-16(20)14-5-4-13(11-15(14)19(21)22)18-8-6-17(3)7-9-18/h4-5,11-12H,6-10H2,1-3H3. The summed E-state index contributed by atoms with van der Waals surface area (Å²) >= 11 is 0. The highest BCUT2D eigenvalue weighted by Gasteiger charge is 2.23. The Morgan fingerprint density at radius 2 is 1.91 bits per heavy atom. The fourth-order valence-corrected chi connectivity index (χ4v) is 2.65. The third kappa shape index (κ3) is 3.82. The normalized spacial score (nSPS) is 16.1. The number of carbonyl (C=O) groups excluding carboxylic acids is 1. The van der Waals surface area contributed by atoms with Crippen LogP contribution in [0.25, 0.3) is 0 Å². The number of nitro groups is 1. The molecule has 22 heavy (non-hydrogen) atoms. The van der Waals surface area contributed by atoms with E-state index < -0.39 is 4.92 Å².